The second-order valence-electron chi connectivity index (χ2n) is 3.33. The lowest BCUT2D eigenvalue weighted by Crippen LogP contribution is -2.37. The highest BCUT2D eigenvalue weighted by atomic mass is 16.3. The van der Waals surface area contributed by atoms with Crippen molar-refractivity contribution in [3.05, 3.63) is 11.6 Å². The SMILES string of the molecule is CC1=C[C@H](O)C2CC1C2. The highest BCUT2D eigenvalue weighted by Gasteiger charge is 2.38. The second-order valence-corrected chi connectivity index (χ2v) is 3.33. The Kier molecular flexibility index (Phi) is 0.974. The van der Waals surface area contributed by atoms with E-state index in [1.54, 1.807) is 0 Å². The number of rotatable bonds is 0. The molecule has 9 heavy (non-hydrogen) atoms. The van der Waals surface area contributed by atoms with Gasteiger partial charge in [0.25, 0.3) is 0 Å². The first-order valence-electron chi connectivity index (χ1n) is 3.64. The Morgan fingerprint density at radius 2 is 2.22 bits per heavy atom. The molecule has 1 atom stereocenters. The van der Waals surface area contributed by atoms with Crippen LogP contribution in [0.25, 0.3) is 0 Å². The predicted molar refractivity (Wildman–Crippen MR) is 36.0 cm³/mol. The normalized spacial score (nSPS) is 47.8. The van der Waals surface area contributed by atoms with E-state index in [1.165, 1.54) is 18.4 Å². The minimum Gasteiger partial charge on any atom is -0.389 e. The van der Waals surface area contributed by atoms with E-state index in [2.05, 4.69) is 6.92 Å². The molecule has 3 aliphatic carbocycles. The summed E-state index contributed by atoms with van der Waals surface area (Å²) in [6, 6.07) is 0. The maximum absolute atomic E-state index is 9.31. The van der Waals surface area contributed by atoms with E-state index in [1.807, 2.05) is 6.08 Å². The monoisotopic (exact) mass is 124 g/mol. The van der Waals surface area contributed by atoms with Crippen LogP contribution in [-0.2, 0) is 0 Å². The zero-order chi connectivity index (χ0) is 6.43. The van der Waals surface area contributed by atoms with E-state index in [9.17, 15) is 5.11 Å². The summed E-state index contributed by atoms with van der Waals surface area (Å²) >= 11 is 0. The Morgan fingerprint density at radius 3 is 2.56 bits per heavy atom. The molecule has 1 nitrogen and oxygen atoms in total. The van der Waals surface area contributed by atoms with E-state index in [0.717, 1.165) is 5.92 Å². The third-order valence-electron chi connectivity index (χ3n) is 2.74. The fourth-order valence-electron chi connectivity index (χ4n) is 1.85. The Balaban J connectivity index is 2.24. The van der Waals surface area contributed by atoms with Gasteiger partial charge in [0, 0.05) is 0 Å². The second kappa shape index (κ2) is 1.60. The molecule has 0 amide bonds. The van der Waals surface area contributed by atoms with Crippen LogP contribution in [-0.4, -0.2) is 11.2 Å². The van der Waals surface area contributed by atoms with Gasteiger partial charge in [-0.2, -0.15) is 0 Å². The van der Waals surface area contributed by atoms with Gasteiger partial charge in [0.2, 0.25) is 0 Å². The first kappa shape index (κ1) is 5.48. The molecule has 0 spiro atoms. The number of aliphatic hydroxyl groups excluding tert-OH is 1. The van der Waals surface area contributed by atoms with Crippen molar-refractivity contribution in [3.8, 4) is 0 Å². The van der Waals surface area contributed by atoms with E-state index in [4.69, 9.17) is 0 Å². The number of hydrogen-bond donors (Lipinski definition) is 1. The van der Waals surface area contributed by atoms with Crippen LogP contribution in [0.2, 0.25) is 0 Å². The van der Waals surface area contributed by atoms with E-state index < -0.39 is 0 Å². The maximum Gasteiger partial charge on any atom is 0.0752 e. The topological polar surface area (TPSA) is 20.2 Å². The highest BCUT2D eigenvalue weighted by Crippen LogP contribution is 2.45. The summed E-state index contributed by atoms with van der Waals surface area (Å²) in [6.45, 7) is 2.13. The molecule has 1 saturated carbocycles. The lowest BCUT2D eigenvalue weighted by molar-refractivity contribution is 0.0533. The van der Waals surface area contributed by atoms with Gasteiger partial charge >= 0.3 is 0 Å². The van der Waals surface area contributed by atoms with Crippen LogP contribution in [0, 0.1) is 11.8 Å². The fourth-order valence-corrected chi connectivity index (χ4v) is 1.85. The molecule has 0 aromatic heterocycles. The average molecular weight is 124 g/mol. The molecular formula is C8H12O. The molecule has 2 bridgehead atoms. The van der Waals surface area contributed by atoms with Gasteiger partial charge in [-0.1, -0.05) is 11.6 Å². The van der Waals surface area contributed by atoms with Gasteiger partial charge in [0.1, 0.15) is 0 Å². The zero-order valence-electron chi connectivity index (χ0n) is 5.67. The molecule has 0 aromatic carbocycles. The van der Waals surface area contributed by atoms with Crippen molar-refractivity contribution in [2.75, 3.05) is 0 Å². The molecule has 0 heterocycles. The van der Waals surface area contributed by atoms with E-state index in [-0.39, 0.29) is 6.10 Å². The molecule has 0 saturated heterocycles. The maximum atomic E-state index is 9.31. The minimum atomic E-state index is -0.116. The Morgan fingerprint density at radius 1 is 1.56 bits per heavy atom. The summed E-state index contributed by atoms with van der Waals surface area (Å²) in [4.78, 5) is 0. The van der Waals surface area contributed by atoms with Gasteiger partial charge in [-0.05, 0) is 31.6 Å². The van der Waals surface area contributed by atoms with Gasteiger partial charge in [-0.15, -0.1) is 0 Å². The van der Waals surface area contributed by atoms with Gasteiger partial charge in [-0.3, -0.25) is 0 Å². The third-order valence-corrected chi connectivity index (χ3v) is 2.74. The average Bonchev–Trinajstić information content (AvgIpc) is 1.57. The molecule has 3 aliphatic rings. The van der Waals surface area contributed by atoms with Crippen molar-refractivity contribution in [1.29, 1.82) is 0 Å². The summed E-state index contributed by atoms with van der Waals surface area (Å²) in [5, 5.41) is 9.31. The molecule has 0 unspecified atom stereocenters. The molecular weight excluding hydrogens is 112 g/mol. The summed E-state index contributed by atoms with van der Waals surface area (Å²) in [5.74, 6) is 1.44. The quantitative estimate of drug-likeness (QED) is 0.483. The number of hydrogen-bond acceptors (Lipinski definition) is 1. The summed E-state index contributed by atoms with van der Waals surface area (Å²) in [6.07, 6.45) is 4.38. The van der Waals surface area contributed by atoms with Crippen molar-refractivity contribution >= 4 is 0 Å². The summed E-state index contributed by atoms with van der Waals surface area (Å²) in [7, 11) is 0. The molecule has 0 radical (unpaired) electrons. The predicted octanol–water partition coefficient (Wildman–Crippen LogP) is 1.33. The van der Waals surface area contributed by atoms with Crippen LogP contribution in [0.5, 0.6) is 0 Å². The zero-order valence-corrected chi connectivity index (χ0v) is 5.67. The van der Waals surface area contributed by atoms with Crippen molar-refractivity contribution in [3.63, 3.8) is 0 Å². The van der Waals surface area contributed by atoms with Gasteiger partial charge in [0.15, 0.2) is 0 Å². The van der Waals surface area contributed by atoms with Crippen LogP contribution in [0.4, 0.5) is 0 Å². The molecule has 0 aromatic rings. The van der Waals surface area contributed by atoms with Crippen molar-refractivity contribution in [1.82, 2.24) is 0 Å². The van der Waals surface area contributed by atoms with E-state index >= 15 is 0 Å². The van der Waals surface area contributed by atoms with Crippen LogP contribution >= 0.6 is 0 Å². The molecule has 3 rings (SSSR count). The lowest BCUT2D eigenvalue weighted by atomic mass is 9.64. The van der Waals surface area contributed by atoms with Crippen LogP contribution in [0.1, 0.15) is 19.8 Å². The Labute approximate surface area is 55.4 Å². The van der Waals surface area contributed by atoms with Gasteiger partial charge < -0.3 is 5.11 Å². The fraction of sp³-hybridized carbons (Fsp3) is 0.750. The van der Waals surface area contributed by atoms with Crippen molar-refractivity contribution in [2.24, 2.45) is 11.8 Å². The van der Waals surface area contributed by atoms with Crippen LogP contribution in [0.3, 0.4) is 0 Å². The molecule has 1 heteroatoms. The summed E-state index contributed by atoms with van der Waals surface area (Å²) < 4.78 is 0. The van der Waals surface area contributed by atoms with E-state index in [0.29, 0.717) is 5.92 Å². The molecule has 50 valence electrons. The van der Waals surface area contributed by atoms with Crippen molar-refractivity contribution in [2.45, 2.75) is 25.9 Å². The Hall–Kier alpha value is -0.300. The molecule has 1 N–H and O–H groups in total. The summed E-state index contributed by atoms with van der Waals surface area (Å²) in [5.41, 5.74) is 1.41. The van der Waals surface area contributed by atoms with Crippen LogP contribution < -0.4 is 0 Å². The first-order valence-corrected chi connectivity index (χ1v) is 3.64. The molecule has 1 fully saturated rings. The standard InChI is InChI=1S/C8H12O/c1-5-2-8(9)7-3-6(5)4-7/h2,6-9H,3-4H2,1H3/t6?,7?,8-/m0/s1. The first-order chi connectivity index (χ1) is 4.27. The van der Waals surface area contributed by atoms with Gasteiger partial charge in [-0.25, -0.2) is 0 Å². The molecule has 0 aliphatic heterocycles. The lowest BCUT2D eigenvalue weighted by Gasteiger charge is -2.43. The van der Waals surface area contributed by atoms with Crippen LogP contribution in [0.15, 0.2) is 11.6 Å². The van der Waals surface area contributed by atoms with Gasteiger partial charge in [0.05, 0.1) is 6.10 Å². The smallest absolute Gasteiger partial charge is 0.0752 e. The largest absolute Gasteiger partial charge is 0.389 e. The third kappa shape index (κ3) is 0.645. The Bertz CT molecular complexity index is 154. The number of fused-ring (bicyclic) bond motifs is 1. The van der Waals surface area contributed by atoms with Crippen molar-refractivity contribution < 1.29 is 5.11 Å². The number of allylic oxidation sites excluding steroid dienone is 1. The minimum absolute atomic E-state index is 0.116. The number of aliphatic hydroxyl groups is 1. The highest BCUT2D eigenvalue weighted by molar-refractivity contribution is 5.18.